The number of hydrogen-bond acceptors (Lipinski definition) is 4. The second-order valence-electron chi connectivity index (χ2n) is 4.93. The van der Waals surface area contributed by atoms with E-state index >= 15 is 0 Å². The fourth-order valence-corrected chi connectivity index (χ4v) is 2.89. The van der Waals surface area contributed by atoms with Crippen LogP contribution in [-0.4, -0.2) is 44.1 Å². The molecule has 0 amide bonds. The number of anilines is 1. The molecule has 0 aromatic heterocycles. The van der Waals surface area contributed by atoms with Crippen molar-refractivity contribution in [3.05, 3.63) is 28.8 Å². The maximum absolute atomic E-state index is 9.32. The van der Waals surface area contributed by atoms with Crippen molar-refractivity contribution < 1.29 is 9.84 Å². The number of nitrogens with one attached hydrogen (secondary N) is 1. The Hall–Kier alpha value is -0.810. The molecule has 1 aromatic rings. The van der Waals surface area contributed by atoms with E-state index in [-0.39, 0.29) is 18.8 Å². The van der Waals surface area contributed by atoms with Crippen LogP contribution in [0.3, 0.4) is 0 Å². The lowest BCUT2D eigenvalue weighted by atomic mass is 10.1. The molecule has 0 spiro atoms. The number of nitrogens with zero attached hydrogens (tertiary/aromatic N) is 1. The number of aliphatic hydroxyl groups excluding tert-OH is 1. The van der Waals surface area contributed by atoms with E-state index in [4.69, 9.17) is 16.3 Å². The van der Waals surface area contributed by atoms with Crippen molar-refractivity contribution in [2.45, 2.75) is 25.7 Å². The number of halogens is 1. The fourth-order valence-electron chi connectivity index (χ4n) is 2.58. The van der Waals surface area contributed by atoms with Gasteiger partial charge in [0.05, 0.1) is 29.5 Å². The number of hydrogen-bond donors (Lipinski definition) is 2. The van der Waals surface area contributed by atoms with Gasteiger partial charge in [0.15, 0.2) is 0 Å². The highest BCUT2D eigenvalue weighted by Gasteiger charge is 2.27. The SMILES string of the molecule is CNCc1cccc(Cl)c1N1CC(C)OC(CO)C1. The van der Waals surface area contributed by atoms with Crippen LogP contribution in [0.25, 0.3) is 0 Å². The van der Waals surface area contributed by atoms with E-state index in [1.165, 1.54) is 5.56 Å². The van der Waals surface area contributed by atoms with E-state index in [0.717, 1.165) is 23.8 Å². The average Bonchev–Trinajstić information content (AvgIpc) is 2.38. The van der Waals surface area contributed by atoms with E-state index in [1.54, 1.807) is 0 Å². The highest BCUT2D eigenvalue weighted by molar-refractivity contribution is 6.33. The van der Waals surface area contributed by atoms with E-state index in [0.29, 0.717) is 6.54 Å². The zero-order valence-corrected chi connectivity index (χ0v) is 12.2. The maximum atomic E-state index is 9.32. The first-order valence-electron chi connectivity index (χ1n) is 6.59. The molecule has 1 aliphatic heterocycles. The molecule has 2 unspecified atom stereocenters. The summed E-state index contributed by atoms with van der Waals surface area (Å²) in [6.07, 6.45) is -0.0629. The third-order valence-electron chi connectivity index (χ3n) is 3.28. The Morgan fingerprint density at radius 3 is 2.95 bits per heavy atom. The number of para-hydroxylation sites is 1. The van der Waals surface area contributed by atoms with E-state index in [9.17, 15) is 5.11 Å². The van der Waals surface area contributed by atoms with Gasteiger partial charge in [-0.05, 0) is 25.6 Å². The predicted octanol–water partition coefficient (Wildman–Crippen LogP) is 1.65. The molecule has 4 nitrogen and oxygen atoms in total. The molecular formula is C14H21ClN2O2. The molecule has 1 saturated heterocycles. The Kier molecular flexibility index (Phi) is 5.05. The minimum atomic E-state index is -0.151. The number of rotatable bonds is 4. The van der Waals surface area contributed by atoms with Gasteiger partial charge < -0.3 is 20.1 Å². The smallest absolute Gasteiger partial charge is 0.0984 e. The van der Waals surface area contributed by atoms with Crippen LogP contribution in [0.5, 0.6) is 0 Å². The van der Waals surface area contributed by atoms with Crippen molar-refractivity contribution in [3.8, 4) is 0 Å². The Morgan fingerprint density at radius 2 is 2.26 bits per heavy atom. The molecule has 0 radical (unpaired) electrons. The highest BCUT2D eigenvalue weighted by Crippen LogP contribution is 2.32. The summed E-state index contributed by atoms with van der Waals surface area (Å²) in [4.78, 5) is 2.21. The minimum absolute atomic E-state index is 0.0344. The molecule has 2 atom stereocenters. The molecule has 0 bridgehead atoms. The standard InChI is InChI=1S/C14H21ClN2O2/c1-10-7-17(8-12(9-18)19-10)14-11(6-16-2)4-3-5-13(14)15/h3-5,10,12,16,18H,6-9H2,1-2H3. The zero-order chi connectivity index (χ0) is 13.8. The molecule has 106 valence electrons. The number of ether oxygens (including phenoxy) is 1. The average molecular weight is 285 g/mol. The van der Waals surface area contributed by atoms with Crippen LogP contribution >= 0.6 is 11.6 Å². The van der Waals surface area contributed by atoms with Crippen LogP contribution in [0.2, 0.25) is 5.02 Å². The highest BCUT2D eigenvalue weighted by atomic mass is 35.5. The number of benzene rings is 1. The summed E-state index contributed by atoms with van der Waals surface area (Å²) in [5.74, 6) is 0. The first-order valence-corrected chi connectivity index (χ1v) is 6.96. The van der Waals surface area contributed by atoms with Crippen LogP contribution < -0.4 is 10.2 Å². The first-order chi connectivity index (χ1) is 9.15. The lowest BCUT2D eigenvalue weighted by Crippen LogP contribution is -2.48. The van der Waals surface area contributed by atoms with Crippen molar-refractivity contribution in [2.75, 3.05) is 31.6 Å². The molecule has 19 heavy (non-hydrogen) atoms. The normalized spacial score (nSPS) is 23.7. The zero-order valence-electron chi connectivity index (χ0n) is 11.4. The fraction of sp³-hybridized carbons (Fsp3) is 0.571. The molecule has 0 saturated carbocycles. The number of morpholine rings is 1. The summed E-state index contributed by atoms with van der Waals surface area (Å²) >= 11 is 6.36. The molecule has 2 N–H and O–H groups in total. The van der Waals surface area contributed by atoms with E-state index in [1.807, 2.05) is 26.1 Å². The minimum Gasteiger partial charge on any atom is -0.394 e. The topological polar surface area (TPSA) is 44.7 Å². The monoisotopic (exact) mass is 284 g/mol. The third kappa shape index (κ3) is 3.39. The molecule has 2 rings (SSSR count). The Bertz CT molecular complexity index is 428. The molecule has 5 heteroatoms. The Balaban J connectivity index is 2.29. The summed E-state index contributed by atoms with van der Waals surface area (Å²) < 4.78 is 5.68. The molecule has 1 heterocycles. The van der Waals surface area contributed by atoms with Gasteiger partial charge in [0.25, 0.3) is 0 Å². The van der Waals surface area contributed by atoms with Gasteiger partial charge in [-0.25, -0.2) is 0 Å². The number of aliphatic hydroxyl groups is 1. The van der Waals surface area contributed by atoms with Gasteiger partial charge in [0, 0.05) is 19.6 Å². The summed E-state index contributed by atoms with van der Waals surface area (Å²) in [5.41, 5.74) is 2.22. The second-order valence-corrected chi connectivity index (χ2v) is 5.34. The lowest BCUT2D eigenvalue weighted by molar-refractivity contribution is -0.0421. The van der Waals surface area contributed by atoms with Crippen LogP contribution in [-0.2, 0) is 11.3 Å². The quantitative estimate of drug-likeness (QED) is 0.882. The molecule has 1 fully saturated rings. The van der Waals surface area contributed by atoms with Crippen LogP contribution in [0.1, 0.15) is 12.5 Å². The Labute approximate surface area is 119 Å². The summed E-state index contributed by atoms with van der Waals surface area (Å²) in [6, 6.07) is 5.95. The first kappa shape index (κ1) is 14.6. The summed E-state index contributed by atoms with van der Waals surface area (Å²) in [7, 11) is 1.92. The third-order valence-corrected chi connectivity index (χ3v) is 3.59. The van der Waals surface area contributed by atoms with Gasteiger partial charge in [-0.1, -0.05) is 23.7 Å². The van der Waals surface area contributed by atoms with Crippen molar-refractivity contribution in [1.29, 1.82) is 0 Å². The predicted molar refractivity (Wildman–Crippen MR) is 77.8 cm³/mol. The second kappa shape index (κ2) is 6.57. The molecule has 1 aromatic carbocycles. The summed E-state index contributed by atoms with van der Waals surface area (Å²) in [6.45, 7) is 4.28. The van der Waals surface area contributed by atoms with Gasteiger partial charge in [-0.2, -0.15) is 0 Å². The van der Waals surface area contributed by atoms with Crippen molar-refractivity contribution in [1.82, 2.24) is 5.32 Å². The molecule has 1 aliphatic rings. The van der Waals surface area contributed by atoms with E-state index < -0.39 is 0 Å². The molecular weight excluding hydrogens is 264 g/mol. The van der Waals surface area contributed by atoms with Crippen LogP contribution in [0.15, 0.2) is 18.2 Å². The van der Waals surface area contributed by atoms with Gasteiger partial charge in [-0.3, -0.25) is 0 Å². The van der Waals surface area contributed by atoms with Crippen LogP contribution in [0.4, 0.5) is 5.69 Å². The molecule has 0 aliphatic carbocycles. The van der Waals surface area contributed by atoms with Gasteiger partial charge >= 0.3 is 0 Å². The largest absolute Gasteiger partial charge is 0.394 e. The van der Waals surface area contributed by atoms with Crippen molar-refractivity contribution in [2.24, 2.45) is 0 Å². The van der Waals surface area contributed by atoms with Crippen molar-refractivity contribution >= 4 is 17.3 Å². The van der Waals surface area contributed by atoms with Gasteiger partial charge in [0.2, 0.25) is 0 Å². The van der Waals surface area contributed by atoms with Crippen molar-refractivity contribution in [3.63, 3.8) is 0 Å². The van der Waals surface area contributed by atoms with Gasteiger partial charge in [-0.15, -0.1) is 0 Å². The maximum Gasteiger partial charge on any atom is 0.0984 e. The lowest BCUT2D eigenvalue weighted by Gasteiger charge is -2.38. The van der Waals surface area contributed by atoms with Crippen LogP contribution in [0, 0.1) is 0 Å². The Morgan fingerprint density at radius 1 is 1.47 bits per heavy atom. The summed E-state index contributed by atoms with van der Waals surface area (Å²) in [5, 5.41) is 13.2. The van der Waals surface area contributed by atoms with Gasteiger partial charge in [0.1, 0.15) is 0 Å². The van der Waals surface area contributed by atoms with E-state index in [2.05, 4.69) is 16.3 Å².